The number of carbonyl (C=O) groups excluding carboxylic acids is 1. The molecule has 2 nitrogen and oxygen atoms in total. The molecule has 3 heteroatoms. The van der Waals surface area contributed by atoms with Gasteiger partial charge in [0.05, 0.1) is 5.56 Å². The normalized spacial score (nSPS) is 16.7. The molecule has 110 valence electrons. The van der Waals surface area contributed by atoms with Crippen molar-refractivity contribution in [2.75, 3.05) is 6.54 Å². The summed E-state index contributed by atoms with van der Waals surface area (Å²) in [6.07, 6.45) is 9.35. The maximum atomic E-state index is 12.2. The van der Waals surface area contributed by atoms with Gasteiger partial charge in [-0.25, -0.2) is 0 Å². The van der Waals surface area contributed by atoms with Gasteiger partial charge in [0.15, 0.2) is 0 Å². The van der Waals surface area contributed by atoms with Gasteiger partial charge >= 0.3 is 0 Å². The minimum Gasteiger partial charge on any atom is -0.352 e. The van der Waals surface area contributed by atoms with Crippen LogP contribution in [0.4, 0.5) is 0 Å². The molecule has 0 heterocycles. The van der Waals surface area contributed by atoms with Crippen LogP contribution in [0.2, 0.25) is 0 Å². The Balaban J connectivity index is 1.79. The van der Waals surface area contributed by atoms with E-state index in [4.69, 9.17) is 0 Å². The van der Waals surface area contributed by atoms with Crippen molar-refractivity contribution in [2.45, 2.75) is 51.9 Å². The molecule has 0 aromatic heterocycles. The number of hydrogen-bond acceptors (Lipinski definition) is 1. The highest BCUT2D eigenvalue weighted by Crippen LogP contribution is 2.25. The lowest BCUT2D eigenvalue weighted by Crippen LogP contribution is -2.26. The van der Waals surface area contributed by atoms with Crippen molar-refractivity contribution in [1.29, 1.82) is 0 Å². The van der Waals surface area contributed by atoms with Crippen LogP contribution in [-0.4, -0.2) is 12.5 Å². The summed E-state index contributed by atoms with van der Waals surface area (Å²) in [4.78, 5) is 12.2. The molecule has 1 aromatic carbocycles. The summed E-state index contributed by atoms with van der Waals surface area (Å²) in [5, 5.41) is 3.08. The number of halogens is 1. The molecule has 0 aliphatic heterocycles. The van der Waals surface area contributed by atoms with Crippen LogP contribution in [0.25, 0.3) is 0 Å². The van der Waals surface area contributed by atoms with E-state index in [1.54, 1.807) is 0 Å². The zero-order valence-corrected chi connectivity index (χ0v) is 14.4. The zero-order chi connectivity index (χ0) is 14.4. The molecule has 1 saturated carbocycles. The molecule has 0 unspecified atom stereocenters. The fourth-order valence-corrected chi connectivity index (χ4v) is 3.86. The van der Waals surface area contributed by atoms with Crippen LogP contribution in [0.1, 0.15) is 60.9 Å². The molecule has 1 aliphatic carbocycles. The van der Waals surface area contributed by atoms with Crippen molar-refractivity contribution < 1.29 is 4.79 Å². The maximum Gasteiger partial charge on any atom is 0.252 e. The first-order valence-electron chi connectivity index (χ1n) is 7.71. The van der Waals surface area contributed by atoms with Gasteiger partial charge in [-0.1, -0.05) is 50.2 Å². The van der Waals surface area contributed by atoms with Crippen molar-refractivity contribution in [1.82, 2.24) is 5.32 Å². The molecule has 1 amide bonds. The van der Waals surface area contributed by atoms with Gasteiger partial charge < -0.3 is 5.32 Å². The van der Waals surface area contributed by atoms with Crippen molar-refractivity contribution >= 4 is 28.5 Å². The summed E-state index contributed by atoms with van der Waals surface area (Å²) in [6, 6.07) is 5.99. The van der Waals surface area contributed by atoms with E-state index in [1.165, 1.54) is 44.1 Å². The Hall–Kier alpha value is -0.580. The molecular weight excluding hydrogens is 361 g/mol. The van der Waals surface area contributed by atoms with Gasteiger partial charge in [0.1, 0.15) is 0 Å². The van der Waals surface area contributed by atoms with E-state index in [1.807, 2.05) is 12.1 Å². The lowest BCUT2D eigenvalue weighted by molar-refractivity contribution is 0.0950. The fraction of sp³-hybridized carbons (Fsp3) is 0.588. The van der Waals surface area contributed by atoms with E-state index >= 15 is 0 Å². The van der Waals surface area contributed by atoms with E-state index in [-0.39, 0.29) is 5.91 Å². The van der Waals surface area contributed by atoms with Crippen LogP contribution in [-0.2, 0) is 0 Å². The van der Waals surface area contributed by atoms with Crippen LogP contribution in [0, 0.1) is 16.4 Å². The summed E-state index contributed by atoms with van der Waals surface area (Å²) in [6.45, 7) is 2.86. The van der Waals surface area contributed by atoms with Crippen molar-refractivity contribution in [2.24, 2.45) is 5.92 Å². The SMILES string of the molecule is Cc1ccc(C(=O)NCCC2CCCCCC2)c(I)c1. The first kappa shape index (κ1) is 15.8. The predicted molar refractivity (Wildman–Crippen MR) is 92.0 cm³/mol. The van der Waals surface area contributed by atoms with Crippen molar-refractivity contribution in [3.63, 3.8) is 0 Å². The van der Waals surface area contributed by atoms with E-state index < -0.39 is 0 Å². The first-order valence-corrected chi connectivity index (χ1v) is 8.79. The molecule has 1 N–H and O–H groups in total. The quantitative estimate of drug-likeness (QED) is 0.591. The average Bonchev–Trinajstić information content (AvgIpc) is 2.67. The Labute approximate surface area is 135 Å². The Morgan fingerprint density at radius 1 is 1.25 bits per heavy atom. The number of aryl methyl sites for hydroxylation is 1. The van der Waals surface area contributed by atoms with E-state index in [0.29, 0.717) is 0 Å². The summed E-state index contributed by atoms with van der Waals surface area (Å²) < 4.78 is 1.04. The summed E-state index contributed by atoms with van der Waals surface area (Å²) in [5.41, 5.74) is 2.00. The smallest absolute Gasteiger partial charge is 0.252 e. The number of rotatable bonds is 4. The highest BCUT2D eigenvalue weighted by Gasteiger charge is 2.13. The van der Waals surface area contributed by atoms with Crippen molar-refractivity contribution in [3.05, 3.63) is 32.9 Å². The highest BCUT2D eigenvalue weighted by atomic mass is 127. The van der Waals surface area contributed by atoms with Gasteiger partial charge in [-0.05, 0) is 54.0 Å². The van der Waals surface area contributed by atoms with Crippen LogP contribution in [0.15, 0.2) is 18.2 Å². The third-order valence-electron chi connectivity index (χ3n) is 4.18. The second-order valence-electron chi connectivity index (χ2n) is 5.89. The van der Waals surface area contributed by atoms with Gasteiger partial charge in [-0.2, -0.15) is 0 Å². The Morgan fingerprint density at radius 2 is 1.95 bits per heavy atom. The lowest BCUT2D eigenvalue weighted by atomic mass is 9.97. The number of nitrogens with one attached hydrogen (secondary N) is 1. The second kappa shape index (κ2) is 8.01. The molecule has 0 saturated heterocycles. The van der Waals surface area contributed by atoms with Crippen LogP contribution < -0.4 is 5.32 Å². The Morgan fingerprint density at radius 3 is 2.60 bits per heavy atom. The molecule has 0 atom stereocenters. The van der Waals surface area contributed by atoms with Crippen LogP contribution in [0.3, 0.4) is 0 Å². The monoisotopic (exact) mass is 385 g/mol. The molecule has 0 radical (unpaired) electrons. The zero-order valence-electron chi connectivity index (χ0n) is 12.3. The number of hydrogen-bond donors (Lipinski definition) is 1. The van der Waals surface area contributed by atoms with Gasteiger partial charge in [0, 0.05) is 10.1 Å². The molecule has 2 rings (SSSR count). The maximum absolute atomic E-state index is 12.2. The van der Waals surface area contributed by atoms with E-state index in [9.17, 15) is 4.79 Å². The molecule has 1 aromatic rings. The second-order valence-corrected chi connectivity index (χ2v) is 7.05. The highest BCUT2D eigenvalue weighted by molar-refractivity contribution is 14.1. The summed E-state index contributed by atoms with van der Waals surface area (Å²) in [7, 11) is 0. The first-order chi connectivity index (χ1) is 9.66. The minimum atomic E-state index is 0.0722. The van der Waals surface area contributed by atoms with Crippen molar-refractivity contribution in [3.8, 4) is 0 Å². The third-order valence-corrected chi connectivity index (χ3v) is 5.07. The minimum absolute atomic E-state index is 0.0722. The standard InChI is InChI=1S/C17H24INO/c1-13-8-9-15(16(18)12-13)17(20)19-11-10-14-6-4-2-3-5-7-14/h8-9,12,14H,2-7,10-11H2,1H3,(H,19,20). The lowest BCUT2D eigenvalue weighted by Gasteiger charge is -2.14. The Kier molecular flexibility index (Phi) is 6.33. The van der Waals surface area contributed by atoms with Gasteiger partial charge in [-0.15, -0.1) is 0 Å². The molecular formula is C17H24INO. The van der Waals surface area contributed by atoms with E-state index in [0.717, 1.165) is 28.0 Å². The van der Waals surface area contributed by atoms with Gasteiger partial charge in [0.2, 0.25) is 0 Å². The molecule has 0 spiro atoms. The third kappa shape index (κ3) is 4.76. The molecule has 1 fully saturated rings. The molecule has 0 bridgehead atoms. The largest absolute Gasteiger partial charge is 0.352 e. The number of amides is 1. The van der Waals surface area contributed by atoms with Crippen LogP contribution in [0.5, 0.6) is 0 Å². The van der Waals surface area contributed by atoms with Crippen LogP contribution >= 0.6 is 22.6 Å². The van der Waals surface area contributed by atoms with Gasteiger partial charge in [0.25, 0.3) is 5.91 Å². The summed E-state index contributed by atoms with van der Waals surface area (Å²) >= 11 is 2.24. The molecule has 1 aliphatic rings. The fourth-order valence-electron chi connectivity index (χ4n) is 2.94. The molecule has 20 heavy (non-hydrogen) atoms. The number of carbonyl (C=O) groups is 1. The Bertz CT molecular complexity index is 450. The topological polar surface area (TPSA) is 29.1 Å². The van der Waals surface area contributed by atoms with Gasteiger partial charge in [-0.3, -0.25) is 4.79 Å². The van der Waals surface area contributed by atoms with E-state index in [2.05, 4.69) is 40.9 Å². The number of benzene rings is 1. The predicted octanol–water partition coefficient (Wildman–Crippen LogP) is 4.69. The average molecular weight is 385 g/mol. The summed E-state index contributed by atoms with van der Waals surface area (Å²) in [5.74, 6) is 0.887.